The van der Waals surface area contributed by atoms with Crippen LogP contribution in [0.15, 0.2) is 0 Å². The second-order valence-corrected chi connectivity index (χ2v) is 7.47. The summed E-state index contributed by atoms with van der Waals surface area (Å²) in [4.78, 5) is 12.1. The van der Waals surface area contributed by atoms with E-state index in [2.05, 4.69) is 27.7 Å². The molecule has 0 heterocycles. The molecule has 5 unspecified atom stereocenters. The van der Waals surface area contributed by atoms with Gasteiger partial charge in [-0.2, -0.15) is 0 Å². The summed E-state index contributed by atoms with van der Waals surface area (Å²) in [5.74, 6) is 2.98. The Balaban J connectivity index is 2.11. The molecule has 0 aliphatic heterocycles. The molecule has 1 heteroatoms. The summed E-state index contributed by atoms with van der Waals surface area (Å²) in [5, 5.41) is 0. The first-order chi connectivity index (χ1) is 7.38. The molecule has 5 atom stereocenters. The minimum atomic E-state index is 0.393. The molecule has 0 N–H and O–H groups in total. The zero-order valence-corrected chi connectivity index (χ0v) is 11.0. The van der Waals surface area contributed by atoms with E-state index in [4.69, 9.17) is 0 Å². The van der Waals surface area contributed by atoms with Crippen LogP contribution in [0, 0.1) is 34.5 Å². The summed E-state index contributed by atoms with van der Waals surface area (Å²) in [7, 11) is 0. The van der Waals surface area contributed by atoms with E-state index in [0.717, 1.165) is 6.42 Å². The van der Waals surface area contributed by atoms with Crippen molar-refractivity contribution in [1.29, 1.82) is 0 Å². The number of hydrogen-bond donors (Lipinski definition) is 0. The first kappa shape index (κ1) is 10.8. The van der Waals surface area contributed by atoms with Crippen molar-refractivity contribution in [1.82, 2.24) is 0 Å². The van der Waals surface area contributed by atoms with Crippen LogP contribution in [0.2, 0.25) is 0 Å². The molecule has 1 nitrogen and oxygen atoms in total. The summed E-state index contributed by atoms with van der Waals surface area (Å²) in [6.07, 6.45) is 4.92. The third-order valence-electron chi connectivity index (χ3n) is 6.48. The second-order valence-electron chi connectivity index (χ2n) is 7.47. The minimum absolute atomic E-state index is 0.393. The molecular weight excluding hydrogens is 196 g/mol. The van der Waals surface area contributed by atoms with Crippen molar-refractivity contribution in [2.75, 3.05) is 0 Å². The van der Waals surface area contributed by atoms with Gasteiger partial charge >= 0.3 is 0 Å². The van der Waals surface area contributed by atoms with Gasteiger partial charge < -0.3 is 0 Å². The number of carbonyl (C=O) groups is 1. The predicted octanol–water partition coefficient (Wildman–Crippen LogP) is 3.67. The SMILES string of the molecule is CC1C2C(=O)CC3C2C(C)(C)CCCC13C. The summed E-state index contributed by atoms with van der Waals surface area (Å²) < 4.78 is 0. The fourth-order valence-corrected chi connectivity index (χ4v) is 5.45. The monoisotopic (exact) mass is 220 g/mol. The number of Topliss-reactive ketones (excluding diaryl/α,β-unsaturated/α-hetero) is 1. The Hall–Kier alpha value is -0.330. The maximum absolute atomic E-state index is 12.1. The van der Waals surface area contributed by atoms with Crippen molar-refractivity contribution in [3.05, 3.63) is 0 Å². The molecule has 3 aliphatic rings. The molecule has 3 rings (SSSR count). The standard InChI is InChI=1S/C15H24O/c1-9-12-11(16)8-10-13(12)14(2,3)6-5-7-15(9,10)4/h9-10,12-13H,5-8H2,1-4H3. The van der Waals surface area contributed by atoms with E-state index in [9.17, 15) is 4.79 Å². The molecule has 3 fully saturated rings. The van der Waals surface area contributed by atoms with Gasteiger partial charge in [-0.25, -0.2) is 0 Å². The van der Waals surface area contributed by atoms with Crippen LogP contribution in [0.4, 0.5) is 0 Å². The molecule has 3 saturated carbocycles. The quantitative estimate of drug-likeness (QED) is 0.608. The van der Waals surface area contributed by atoms with E-state index >= 15 is 0 Å². The molecule has 0 aromatic carbocycles. The summed E-state index contributed by atoms with van der Waals surface area (Å²) in [6, 6.07) is 0. The molecule has 0 amide bonds. The highest BCUT2D eigenvalue weighted by atomic mass is 16.1. The van der Waals surface area contributed by atoms with E-state index in [1.165, 1.54) is 19.3 Å². The Kier molecular flexibility index (Phi) is 1.97. The Morgan fingerprint density at radius 1 is 1.19 bits per heavy atom. The topological polar surface area (TPSA) is 17.1 Å². The van der Waals surface area contributed by atoms with Gasteiger partial charge in [0.15, 0.2) is 0 Å². The van der Waals surface area contributed by atoms with Crippen LogP contribution >= 0.6 is 0 Å². The fraction of sp³-hybridized carbons (Fsp3) is 0.933. The summed E-state index contributed by atoms with van der Waals surface area (Å²) >= 11 is 0. The molecule has 0 spiro atoms. The molecule has 0 saturated heterocycles. The van der Waals surface area contributed by atoms with Crippen LogP contribution in [-0.4, -0.2) is 5.78 Å². The lowest BCUT2D eigenvalue weighted by Gasteiger charge is -2.39. The van der Waals surface area contributed by atoms with Crippen LogP contribution in [0.3, 0.4) is 0 Å². The van der Waals surface area contributed by atoms with Crippen LogP contribution < -0.4 is 0 Å². The highest BCUT2D eigenvalue weighted by Gasteiger charge is 2.66. The van der Waals surface area contributed by atoms with Crippen LogP contribution in [0.1, 0.15) is 53.4 Å². The third-order valence-corrected chi connectivity index (χ3v) is 6.48. The molecule has 0 aromatic heterocycles. The fourth-order valence-electron chi connectivity index (χ4n) is 5.45. The largest absolute Gasteiger partial charge is 0.299 e. The van der Waals surface area contributed by atoms with Gasteiger partial charge in [-0.15, -0.1) is 0 Å². The van der Waals surface area contributed by atoms with Gasteiger partial charge in [0.05, 0.1) is 0 Å². The predicted molar refractivity (Wildman–Crippen MR) is 65.0 cm³/mol. The smallest absolute Gasteiger partial charge is 0.136 e. The molecule has 90 valence electrons. The number of ketones is 1. The van der Waals surface area contributed by atoms with Crippen molar-refractivity contribution in [3.8, 4) is 0 Å². The van der Waals surface area contributed by atoms with E-state index in [1.807, 2.05) is 0 Å². The lowest BCUT2D eigenvalue weighted by molar-refractivity contribution is -0.127. The average Bonchev–Trinajstić information content (AvgIpc) is 2.58. The zero-order chi connectivity index (χ0) is 11.7. The number of rotatable bonds is 0. The maximum Gasteiger partial charge on any atom is 0.136 e. The Labute approximate surface area is 99.0 Å². The van der Waals surface area contributed by atoms with Crippen molar-refractivity contribution in [2.45, 2.75) is 53.4 Å². The Morgan fingerprint density at radius 2 is 1.88 bits per heavy atom. The average molecular weight is 220 g/mol. The first-order valence-corrected chi connectivity index (χ1v) is 6.91. The molecule has 0 aromatic rings. The lowest BCUT2D eigenvalue weighted by atomic mass is 9.65. The maximum atomic E-state index is 12.1. The highest BCUT2D eigenvalue weighted by Crippen LogP contribution is 2.69. The first-order valence-electron chi connectivity index (χ1n) is 6.91. The summed E-state index contributed by atoms with van der Waals surface area (Å²) in [5.41, 5.74) is 0.862. The van der Waals surface area contributed by atoms with E-state index in [-0.39, 0.29) is 0 Å². The lowest BCUT2D eigenvalue weighted by Crippen LogP contribution is -2.36. The number of hydrogen-bond acceptors (Lipinski definition) is 1. The van der Waals surface area contributed by atoms with Gasteiger partial charge in [0.2, 0.25) is 0 Å². The van der Waals surface area contributed by atoms with Crippen LogP contribution in [0.25, 0.3) is 0 Å². The van der Waals surface area contributed by atoms with Crippen molar-refractivity contribution in [3.63, 3.8) is 0 Å². The summed E-state index contributed by atoms with van der Waals surface area (Å²) in [6.45, 7) is 9.61. The van der Waals surface area contributed by atoms with Crippen molar-refractivity contribution < 1.29 is 4.79 Å². The molecule has 3 aliphatic carbocycles. The molecule has 4 bridgehead atoms. The van der Waals surface area contributed by atoms with Gasteiger partial charge in [-0.05, 0) is 41.4 Å². The minimum Gasteiger partial charge on any atom is -0.299 e. The molecule has 0 radical (unpaired) electrons. The normalized spacial score (nSPS) is 54.1. The van der Waals surface area contributed by atoms with Gasteiger partial charge in [0.1, 0.15) is 5.78 Å². The van der Waals surface area contributed by atoms with Crippen molar-refractivity contribution >= 4 is 5.78 Å². The van der Waals surface area contributed by atoms with E-state index in [1.54, 1.807) is 0 Å². The highest BCUT2D eigenvalue weighted by molar-refractivity contribution is 5.86. The molecule has 16 heavy (non-hydrogen) atoms. The van der Waals surface area contributed by atoms with Gasteiger partial charge in [0.25, 0.3) is 0 Å². The van der Waals surface area contributed by atoms with E-state index < -0.39 is 0 Å². The van der Waals surface area contributed by atoms with Gasteiger partial charge in [-0.3, -0.25) is 4.79 Å². The van der Waals surface area contributed by atoms with Crippen LogP contribution in [0.5, 0.6) is 0 Å². The Bertz CT molecular complexity index is 343. The zero-order valence-electron chi connectivity index (χ0n) is 11.0. The third kappa shape index (κ3) is 1.05. The van der Waals surface area contributed by atoms with Crippen LogP contribution in [-0.2, 0) is 4.79 Å². The van der Waals surface area contributed by atoms with Gasteiger partial charge in [-0.1, -0.05) is 34.1 Å². The second kappa shape index (κ2) is 2.91. The van der Waals surface area contributed by atoms with Gasteiger partial charge in [0, 0.05) is 12.3 Å². The van der Waals surface area contributed by atoms with E-state index in [0.29, 0.717) is 40.3 Å². The Morgan fingerprint density at radius 3 is 2.56 bits per heavy atom. The van der Waals surface area contributed by atoms with Crippen molar-refractivity contribution in [2.24, 2.45) is 34.5 Å². The number of carbonyl (C=O) groups excluding carboxylic acids is 1. The molecular formula is C15H24O.